The molecule has 0 bridgehead atoms. The summed E-state index contributed by atoms with van der Waals surface area (Å²) in [5.41, 5.74) is 1.66. The fraction of sp³-hybridized carbons (Fsp3) is 0. The average molecular weight is 222 g/mol. The molecule has 3 aromatic rings. The Morgan fingerprint density at radius 2 is 1.76 bits per heavy atom. The molecule has 0 unspecified atom stereocenters. The highest BCUT2D eigenvalue weighted by atomic mass is 15.1. The van der Waals surface area contributed by atoms with Crippen LogP contribution in [0.15, 0.2) is 54.9 Å². The van der Waals surface area contributed by atoms with Gasteiger partial charge in [-0.1, -0.05) is 18.2 Å². The van der Waals surface area contributed by atoms with Gasteiger partial charge in [0.1, 0.15) is 0 Å². The standard InChI is InChI=1S/C13H10N4/c1-2-6-11(7-3-1)16-13-15-9-10-5-4-8-14-12(10)17-13/h1-9H,(H,14,15,16,17). The van der Waals surface area contributed by atoms with E-state index in [4.69, 9.17) is 0 Å². The first kappa shape index (κ1) is 9.72. The lowest BCUT2D eigenvalue weighted by Crippen LogP contribution is -1.97. The summed E-state index contributed by atoms with van der Waals surface area (Å²) >= 11 is 0. The fourth-order valence-electron chi connectivity index (χ4n) is 1.57. The second-order valence-electron chi connectivity index (χ2n) is 3.60. The third-order valence-electron chi connectivity index (χ3n) is 2.38. The number of nitrogens with one attached hydrogen (secondary N) is 1. The van der Waals surface area contributed by atoms with E-state index in [1.807, 2.05) is 42.5 Å². The first-order chi connectivity index (χ1) is 8.42. The quantitative estimate of drug-likeness (QED) is 0.724. The van der Waals surface area contributed by atoms with Crippen LogP contribution in [-0.4, -0.2) is 15.0 Å². The number of fused-ring (bicyclic) bond motifs is 1. The summed E-state index contributed by atoms with van der Waals surface area (Å²) in [6, 6.07) is 13.6. The van der Waals surface area contributed by atoms with Crippen molar-refractivity contribution in [2.45, 2.75) is 0 Å². The molecular formula is C13H10N4. The minimum atomic E-state index is 0.558. The van der Waals surface area contributed by atoms with E-state index in [0.717, 1.165) is 11.1 Å². The Hall–Kier alpha value is -2.49. The van der Waals surface area contributed by atoms with Crippen LogP contribution in [0.25, 0.3) is 11.0 Å². The van der Waals surface area contributed by atoms with E-state index in [9.17, 15) is 0 Å². The van der Waals surface area contributed by atoms with Crippen LogP contribution in [0.1, 0.15) is 0 Å². The normalized spacial score (nSPS) is 10.4. The Bertz CT molecular complexity index is 637. The summed E-state index contributed by atoms with van der Waals surface area (Å²) in [6.07, 6.45) is 3.49. The van der Waals surface area contributed by atoms with E-state index < -0.39 is 0 Å². The molecule has 0 spiro atoms. The van der Waals surface area contributed by atoms with Gasteiger partial charge in [0.15, 0.2) is 5.65 Å². The molecule has 0 saturated heterocycles. The maximum Gasteiger partial charge on any atom is 0.229 e. The average Bonchev–Trinajstić information content (AvgIpc) is 2.40. The molecule has 1 aromatic carbocycles. The number of hydrogen-bond acceptors (Lipinski definition) is 4. The molecule has 0 aliphatic carbocycles. The maximum atomic E-state index is 4.34. The van der Waals surface area contributed by atoms with Gasteiger partial charge in [-0.25, -0.2) is 9.97 Å². The van der Waals surface area contributed by atoms with Gasteiger partial charge in [0.25, 0.3) is 0 Å². The topological polar surface area (TPSA) is 50.7 Å². The summed E-state index contributed by atoms with van der Waals surface area (Å²) in [7, 11) is 0. The SMILES string of the molecule is c1ccc(Nc2ncc3cccnc3n2)cc1. The van der Waals surface area contributed by atoms with E-state index >= 15 is 0 Å². The van der Waals surface area contributed by atoms with Gasteiger partial charge in [0.2, 0.25) is 5.95 Å². The minimum Gasteiger partial charge on any atom is -0.324 e. The molecule has 2 heterocycles. The number of para-hydroxylation sites is 1. The second kappa shape index (κ2) is 4.17. The predicted octanol–water partition coefficient (Wildman–Crippen LogP) is 2.77. The number of rotatable bonds is 2. The molecule has 1 N–H and O–H groups in total. The van der Waals surface area contributed by atoms with Crippen molar-refractivity contribution in [3.05, 3.63) is 54.9 Å². The van der Waals surface area contributed by atoms with Crippen LogP contribution in [0, 0.1) is 0 Å². The Kier molecular flexibility index (Phi) is 2.38. The molecule has 82 valence electrons. The Balaban J connectivity index is 1.96. The van der Waals surface area contributed by atoms with Crippen LogP contribution < -0.4 is 5.32 Å². The number of pyridine rings is 1. The molecule has 4 heteroatoms. The molecule has 0 saturated carbocycles. The molecule has 0 aliphatic heterocycles. The van der Waals surface area contributed by atoms with E-state index in [2.05, 4.69) is 20.3 Å². The van der Waals surface area contributed by atoms with Crippen LogP contribution in [-0.2, 0) is 0 Å². The third kappa shape index (κ3) is 2.06. The maximum absolute atomic E-state index is 4.34. The van der Waals surface area contributed by atoms with E-state index in [1.165, 1.54) is 0 Å². The molecule has 0 fully saturated rings. The first-order valence-corrected chi connectivity index (χ1v) is 5.32. The Morgan fingerprint density at radius 1 is 0.882 bits per heavy atom. The summed E-state index contributed by atoms with van der Waals surface area (Å²) in [5.74, 6) is 0.558. The lowest BCUT2D eigenvalue weighted by atomic mass is 10.3. The minimum absolute atomic E-state index is 0.558. The van der Waals surface area contributed by atoms with Gasteiger partial charge in [-0.3, -0.25) is 0 Å². The molecule has 3 rings (SSSR count). The van der Waals surface area contributed by atoms with Crippen molar-refractivity contribution < 1.29 is 0 Å². The summed E-state index contributed by atoms with van der Waals surface area (Å²) in [6.45, 7) is 0. The highest BCUT2D eigenvalue weighted by Gasteiger charge is 2.00. The van der Waals surface area contributed by atoms with Crippen molar-refractivity contribution in [1.82, 2.24) is 15.0 Å². The molecule has 0 amide bonds. The molecule has 2 aromatic heterocycles. The summed E-state index contributed by atoms with van der Waals surface area (Å²) < 4.78 is 0. The van der Waals surface area contributed by atoms with Gasteiger partial charge >= 0.3 is 0 Å². The van der Waals surface area contributed by atoms with Gasteiger partial charge in [-0.15, -0.1) is 0 Å². The zero-order chi connectivity index (χ0) is 11.5. The molecule has 0 radical (unpaired) electrons. The van der Waals surface area contributed by atoms with Crippen molar-refractivity contribution in [3.8, 4) is 0 Å². The zero-order valence-electron chi connectivity index (χ0n) is 9.04. The monoisotopic (exact) mass is 222 g/mol. The van der Waals surface area contributed by atoms with Crippen LogP contribution in [0.4, 0.5) is 11.6 Å². The van der Waals surface area contributed by atoms with Crippen LogP contribution in [0.2, 0.25) is 0 Å². The van der Waals surface area contributed by atoms with Crippen molar-refractivity contribution in [3.63, 3.8) is 0 Å². The fourth-order valence-corrected chi connectivity index (χ4v) is 1.57. The smallest absolute Gasteiger partial charge is 0.229 e. The highest BCUT2D eigenvalue weighted by Crippen LogP contribution is 2.14. The highest BCUT2D eigenvalue weighted by molar-refractivity contribution is 5.74. The molecule has 0 atom stereocenters. The van der Waals surface area contributed by atoms with Gasteiger partial charge in [-0.05, 0) is 24.3 Å². The van der Waals surface area contributed by atoms with Gasteiger partial charge in [0, 0.05) is 23.5 Å². The lowest BCUT2D eigenvalue weighted by molar-refractivity contribution is 1.18. The Labute approximate surface area is 98.4 Å². The zero-order valence-corrected chi connectivity index (χ0v) is 9.04. The second-order valence-corrected chi connectivity index (χ2v) is 3.60. The summed E-state index contributed by atoms with van der Waals surface area (Å²) in [4.78, 5) is 12.8. The molecular weight excluding hydrogens is 212 g/mol. The molecule has 17 heavy (non-hydrogen) atoms. The van der Waals surface area contributed by atoms with Crippen LogP contribution >= 0.6 is 0 Å². The third-order valence-corrected chi connectivity index (χ3v) is 2.38. The van der Waals surface area contributed by atoms with E-state index in [-0.39, 0.29) is 0 Å². The first-order valence-electron chi connectivity index (χ1n) is 5.32. The van der Waals surface area contributed by atoms with Gasteiger partial charge < -0.3 is 5.32 Å². The van der Waals surface area contributed by atoms with Crippen molar-refractivity contribution in [2.24, 2.45) is 0 Å². The number of aromatic nitrogens is 3. The number of benzene rings is 1. The van der Waals surface area contributed by atoms with E-state index in [0.29, 0.717) is 11.6 Å². The van der Waals surface area contributed by atoms with Crippen LogP contribution in [0.5, 0.6) is 0 Å². The van der Waals surface area contributed by atoms with Crippen molar-refractivity contribution in [2.75, 3.05) is 5.32 Å². The number of nitrogens with zero attached hydrogens (tertiary/aromatic N) is 3. The lowest BCUT2D eigenvalue weighted by Gasteiger charge is -2.04. The largest absolute Gasteiger partial charge is 0.324 e. The van der Waals surface area contributed by atoms with Gasteiger partial charge in [-0.2, -0.15) is 4.98 Å². The summed E-state index contributed by atoms with van der Waals surface area (Å²) in [5, 5.41) is 4.07. The molecule has 4 nitrogen and oxygen atoms in total. The predicted molar refractivity (Wildman–Crippen MR) is 67.1 cm³/mol. The van der Waals surface area contributed by atoms with Crippen molar-refractivity contribution in [1.29, 1.82) is 0 Å². The van der Waals surface area contributed by atoms with Crippen molar-refractivity contribution >= 4 is 22.7 Å². The van der Waals surface area contributed by atoms with Gasteiger partial charge in [0.05, 0.1) is 0 Å². The number of anilines is 2. The Morgan fingerprint density at radius 3 is 2.65 bits per heavy atom. The number of hydrogen-bond donors (Lipinski definition) is 1. The molecule has 0 aliphatic rings. The van der Waals surface area contributed by atoms with Crippen LogP contribution in [0.3, 0.4) is 0 Å². The van der Waals surface area contributed by atoms with E-state index in [1.54, 1.807) is 12.4 Å².